The van der Waals surface area contributed by atoms with E-state index in [2.05, 4.69) is 32.6 Å². The minimum atomic E-state index is 0.292. The third-order valence-corrected chi connectivity index (χ3v) is 6.17. The van der Waals surface area contributed by atoms with Crippen LogP contribution in [0.4, 0.5) is 0 Å². The van der Waals surface area contributed by atoms with E-state index in [0.717, 1.165) is 24.3 Å². The van der Waals surface area contributed by atoms with Crippen molar-refractivity contribution in [3.8, 4) is 0 Å². The largest absolute Gasteiger partial charge is 0.329 e. The van der Waals surface area contributed by atoms with Gasteiger partial charge in [0, 0.05) is 18.1 Å². The summed E-state index contributed by atoms with van der Waals surface area (Å²) in [5, 5.41) is 0. The van der Waals surface area contributed by atoms with Gasteiger partial charge in [0.15, 0.2) is 0 Å². The van der Waals surface area contributed by atoms with Gasteiger partial charge in [0.2, 0.25) is 0 Å². The van der Waals surface area contributed by atoms with E-state index in [0.29, 0.717) is 11.6 Å². The normalized spacial score (nSPS) is 41.7. The second-order valence-corrected chi connectivity index (χ2v) is 7.46. The van der Waals surface area contributed by atoms with Gasteiger partial charge in [0.25, 0.3) is 0 Å². The molecule has 0 aromatic heterocycles. The fraction of sp³-hybridized carbons (Fsp3) is 1.00. The van der Waals surface area contributed by atoms with Crippen molar-refractivity contribution in [3.05, 3.63) is 0 Å². The lowest BCUT2D eigenvalue weighted by Gasteiger charge is -2.57. The van der Waals surface area contributed by atoms with Gasteiger partial charge >= 0.3 is 0 Å². The molecule has 1 aliphatic carbocycles. The van der Waals surface area contributed by atoms with Crippen molar-refractivity contribution in [1.29, 1.82) is 0 Å². The summed E-state index contributed by atoms with van der Waals surface area (Å²) in [4.78, 5) is 2.82. The number of hydrogen-bond acceptors (Lipinski definition) is 2. The minimum Gasteiger partial charge on any atom is -0.329 e. The van der Waals surface area contributed by atoms with Gasteiger partial charge in [-0.15, -0.1) is 0 Å². The first-order valence-corrected chi connectivity index (χ1v) is 8.49. The Hall–Kier alpha value is -0.0800. The molecule has 0 aromatic rings. The molecule has 19 heavy (non-hydrogen) atoms. The molecule has 112 valence electrons. The molecule has 2 aliphatic rings. The summed E-state index contributed by atoms with van der Waals surface area (Å²) in [6.45, 7) is 11.8. The van der Waals surface area contributed by atoms with Crippen molar-refractivity contribution in [2.45, 2.75) is 77.8 Å². The predicted molar refractivity (Wildman–Crippen MR) is 83.1 cm³/mol. The van der Waals surface area contributed by atoms with Crippen molar-refractivity contribution in [2.75, 3.05) is 13.1 Å². The molecule has 4 unspecified atom stereocenters. The fourth-order valence-electron chi connectivity index (χ4n) is 4.89. The number of piperidine rings is 1. The van der Waals surface area contributed by atoms with E-state index in [1.165, 1.54) is 45.1 Å². The van der Waals surface area contributed by atoms with Crippen LogP contribution in [0.25, 0.3) is 0 Å². The Labute approximate surface area is 120 Å². The standard InChI is InChI=1S/C17H34N2/c1-13(2)16-9-5-6-10-17(16,12-18)19-11-7-8-14(3)15(19)4/h13-16H,5-12,18H2,1-4H3. The summed E-state index contributed by atoms with van der Waals surface area (Å²) >= 11 is 0. The average Bonchev–Trinajstić information content (AvgIpc) is 2.41. The molecule has 2 fully saturated rings. The summed E-state index contributed by atoms with van der Waals surface area (Å²) in [6.07, 6.45) is 8.24. The molecule has 0 radical (unpaired) electrons. The topological polar surface area (TPSA) is 29.3 Å². The zero-order valence-electron chi connectivity index (χ0n) is 13.5. The molecule has 0 amide bonds. The van der Waals surface area contributed by atoms with Gasteiger partial charge in [-0.05, 0) is 56.9 Å². The average molecular weight is 266 g/mol. The van der Waals surface area contributed by atoms with E-state index in [-0.39, 0.29) is 0 Å². The minimum absolute atomic E-state index is 0.292. The lowest BCUT2D eigenvalue weighted by atomic mass is 9.65. The van der Waals surface area contributed by atoms with E-state index >= 15 is 0 Å². The first-order valence-electron chi connectivity index (χ1n) is 8.49. The SMILES string of the molecule is CC(C)C1CCCCC1(CN)N1CCCC(C)C1C. The highest BCUT2D eigenvalue weighted by Gasteiger charge is 2.48. The number of likely N-dealkylation sites (tertiary alicyclic amines) is 1. The van der Waals surface area contributed by atoms with Crippen LogP contribution in [0, 0.1) is 17.8 Å². The highest BCUT2D eigenvalue weighted by molar-refractivity contribution is 5.03. The van der Waals surface area contributed by atoms with Crippen LogP contribution in [0.3, 0.4) is 0 Å². The second kappa shape index (κ2) is 6.13. The summed E-state index contributed by atoms with van der Waals surface area (Å²) < 4.78 is 0. The Morgan fingerprint density at radius 2 is 1.89 bits per heavy atom. The Morgan fingerprint density at radius 1 is 1.16 bits per heavy atom. The Bertz CT molecular complexity index is 289. The van der Waals surface area contributed by atoms with Gasteiger partial charge in [-0.3, -0.25) is 4.90 Å². The summed E-state index contributed by atoms with van der Waals surface area (Å²) in [7, 11) is 0. The lowest BCUT2D eigenvalue weighted by Crippen LogP contribution is -2.65. The van der Waals surface area contributed by atoms with Crippen LogP contribution in [0.1, 0.15) is 66.2 Å². The van der Waals surface area contributed by atoms with Crippen molar-refractivity contribution in [3.63, 3.8) is 0 Å². The Balaban J connectivity index is 2.28. The first-order chi connectivity index (χ1) is 9.03. The number of rotatable bonds is 3. The molecule has 2 rings (SSSR count). The Morgan fingerprint density at radius 3 is 2.53 bits per heavy atom. The van der Waals surface area contributed by atoms with Crippen LogP contribution in [0.5, 0.6) is 0 Å². The van der Waals surface area contributed by atoms with Crippen molar-refractivity contribution in [1.82, 2.24) is 4.90 Å². The van der Waals surface area contributed by atoms with Crippen molar-refractivity contribution in [2.24, 2.45) is 23.5 Å². The molecule has 0 spiro atoms. The second-order valence-electron chi connectivity index (χ2n) is 7.46. The molecule has 1 saturated carbocycles. The molecular weight excluding hydrogens is 232 g/mol. The third-order valence-electron chi connectivity index (χ3n) is 6.17. The van der Waals surface area contributed by atoms with Gasteiger partial charge in [0.1, 0.15) is 0 Å². The monoisotopic (exact) mass is 266 g/mol. The first kappa shape index (κ1) is 15.3. The van der Waals surface area contributed by atoms with Crippen molar-refractivity contribution >= 4 is 0 Å². The Kier molecular flexibility index (Phi) is 4.94. The van der Waals surface area contributed by atoms with Crippen LogP contribution < -0.4 is 5.73 Å². The predicted octanol–water partition coefficient (Wildman–Crippen LogP) is 3.65. The molecule has 1 heterocycles. The number of hydrogen-bond donors (Lipinski definition) is 1. The maximum atomic E-state index is 6.36. The molecule has 0 bridgehead atoms. The van der Waals surface area contributed by atoms with E-state index in [1.807, 2.05) is 0 Å². The number of nitrogens with zero attached hydrogens (tertiary/aromatic N) is 1. The maximum absolute atomic E-state index is 6.36. The van der Waals surface area contributed by atoms with Gasteiger partial charge in [-0.25, -0.2) is 0 Å². The van der Waals surface area contributed by atoms with E-state index in [1.54, 1.807) is 0 Å². The van der Waals surface area contributed by atoms with Crippen LogP contribution >= 0.6 is 0 Å². The zero-order valence-corrected chi connectivity index (χ0v) is 13.5. The molecule has 0 aromatic carbocycles. The zero-order chi connectivity index (χ0) is 14.0. The molecule has 4 atom stereocenters. The molecule has 2 nitrogen and oxygen atoms in total. The van der Waals surface area contributed by atoms with Crippen LogP contribution in [0.2, 0.25) is 0 Å². The molecule has 1 saturated heterocycles. The van der Waals surface area contributed by atoms with Crippen LogP contribution in [-0.4, -0.2) is 29.6 Å². The fourth-order valence-corrected chi connectivity index (χ4v) is 4.89. The van der Waals surface area contributed by atoms with Crippen LogP contribution in [0.15, 0.2) is 0 Å². The molecule has 2 N–H and O–H groups in total. The third kappa shape index (κ3) is 2.71. The van der Waals surface area contributed by atoms with E-state index in [9.17, 15) is 0 Å². The molecule has 2 heteroatoms. The highest BCUT2D eigenvalue weighted by Crippen LogP contribution is 2.45. The van der Waals surface area contributed by atoms with E-state index < -0.39 is 0 Å². The molecule has 1 aliphatic heterocycles. The van der Waals surface area contributed by atoms with Crippen LogP contribution in [-0.2, 0) is 0 Å². The van der Waals surface area contributed by atoms with Gasteiger partial charge in [-0.2, -0.15) is 0 Å². The summed E-state index contributed by atoms with van der Waals surface area (Å²) in [5.74, 6) is 2.37. The van der Waals surface area contributed by atoms with Gasteiger partial charge in [-0.1, -0.05) is 33.6 Å². The maximum Gasteiger partial charge on any atom is 0.0365 e. The quantitative estimate of drug-likeness (QED) is 0.845. The summed E-state index contributed by atoms with van der Waals surface area (Å²) in [5.41, 5.74) is 6.66. The molecular formula is C17H34N2. The smallest absolute Gasteiger partial charge is 0.0365 e. The van der Waals surface area contributed by atoms with E-state index in [4.69, 9.17) is 5.73 Å². The van der Waals surface area contributed by atoms with Gasteiger partial charge < -0.3 is 5.73 Å². The van der Waals surface area contributed by atoms with Gasteiger partial charge in [0.05, 0.1) is 0 Å². The highest BCUT2D eigenvalue weighted by atomic mass is 15.2. The lowest BCUT2D eigenvalue weighted by molar-refractivity contribution is -0.0648. The summed E-state index contributed by atoms with van der Waals surface area (Å²) in [6, 6.07) is 0.705. The number of nitrogens with two attached hydrogens (primary N) is 1. The van der Waals surface area contributed by atoms with Crippen molar-refractivity contribution < 1.29 is 0 Å².